The lowest BCUT2D eigenvalue weighted by molar-refractivity contribution is 0.102. The fourth-order valence-corrected chi connectivity index (χ4v) is 3.05. The predicted molar refractivity (Wildman–Crippen MR) is 116 cm³/mol. The van der Waals surface area contributed by atoms with Gasteiger partial charge in [-0.25, -0.2) is 0 Å². The molecule has 0 aliphatic carbocycles. The number of amides is 1. The molecule has 29 heavy (non-hydrogen) atoms. The molecule has 6 heteroatoms. The number of nitrogens with zero attached hydrogens (tertiary/aromatic N) is 1. The molecule has 0 spiro atoms. The van der Waals surface area contributed by atoms with Crippen LogP contribution in [0.3, 0.4) is 0 Å². The quantitative estimate of drug-likeness (QED) is 0.602. The van der Waals surface area contributed by atoms with Crippen molar-refractivity contribution in [2.24, 2.45) is 0 Å². The third-order valence-corrected chi connectivity index (χ3v) is 4.76. The largest absolute Gasteiger partial charge is 0.491 e. The molecule has 150 valence electrons. The maximum absolute atomic E-state index is 12.8. The lowest BCUT2D eigenvalue weighted by atomic mass is 10.2. The summed E-state index contributed by atoms with van der Waals surface area (Å²) in [4.78, 5) is 25.0. The molecule has 5 nitrogen and oxygen atoms in total. The second-order valence-corrected chi connectivity index (χ2v) is 7.18. The van der Waals surface area contributed by atoms with Gasteiger partial charge in [-0.15, -0.1) is 0 Å². The SMILES string of the molecule is CCCOc1cc(C)ccc1NC(=O)c1ccc(=O)n(Cc2ccccc2Cl)c1. The molecule has 0 saturated carbocycles. The molecule has 1 heterocycles. The minimum Gasteiger partial charge on any atom is -0.491 e. The van der Waals surface area contributed by atoms with Crippen molar-refractivity contribution in [3.05, 3.63) is 92.9 Å². The Morgan fingerprint density at radius 1 is 1.14 bits per heavy atom. The summed E-state index contributed by atoms with van der Waals surface area (Å²) < 4.78 is 7.23. The lowest BCUT2D eigenvalue weighted by Gasteiger charge is -2.14. The van der Waals surface area contributed by atoms with Crippen molar-refractivity contribution in [2.75, 3.05) is 11.9 Å². The summed E-state index contributed by atoms with van der Waals surface area (Å²) in [5, 5.41) is 3.46. The van der Waals surface area contributed by atoms with E-state index in [1.165, 1.54) is 16.7 Å². The standard InChI is InChI=1S/C23H23ClN2O3/c1-3-12-29-21-13-16(2)8-10-20(21)25-23(28)18-9-11-22(27)26(15-18)14-17-6-4-5-7-19(17)24/h4-11,13,15H,3,12,14H2,1-2H3,(H,25,28). The minimum atomic E-state index is -0.317. The first-order valence-corrected chi connectivity index (χ1v) is 9.84. The van der Waals surface area contributed by atoms with Crippen LogP contribution in [0.2, 0.25) is 5.02 Å². The van der Waals surface area contributed by atoms with Crippen LogP contribution in [-0.2, 0) is 6.54 Å². The molecule has 1 N–H and O–H groups in total. The van der Waals surface area contributed by atoms with Crippen LogP contribution in [0.25, 0.3) is 0 Å². The van der Waals surface area contributed by atoms with Crippen molar-refractivity contribution in [1.82, 2.24) is 4.57 Å². The van der Waals surface area contributed by atoms with Crippen LogP contribution in [0, 0.1) is 6.92 Å². The molecule has 0 atom stereocenters. The topological polar surface area (TPSA) is 60.3 Å². The Morgan fingerprint density at radius 3 is 2.69 bits per heavy atom. The number of hydrogen-bond donors (Lipinski definition) is 1. The van der Waals surface area contributed by atoms with E-state index in [-0.39, 0.29) is 18.0 Å². The van der Waals surface area contributed by atoms with Gasteiger partial charge in [0.15, 0.2) is 0 Å². The summed E-state index contributed by atoms with van der Waals surface area (Å²) in [6, 6.07) is 15.8. The molecule has 1 aromatic heterocycles. The van der Waals surface area contributed by atoms with Gasteiger partial charge >= 0.3 is 0 Å². The fourth-order valence-electron chi connectivity index (χ4n) is 2.86. The summed E-state index contributed by atoms with van der Waals surface area (Å²) in [5.74, 6) is 0.313. The lowest BCUT2D eigenvalue weighted by Crippen LogP contribution is -2.22. The van der Waals surface area contributed by atoms with Gasteiger partial charge in [0.25, 0.3) is 11.5 Å². The van der Waals surface area contributed by atoms with Crippen LogP contribution in [0.5, 0.6) is 5.75 Å². The molecule has 0 aliphatic heterocycles. The Morgan fingerprint density at radius 2 is 1.93 bits per heavy atom. The number of carbonyl (C=O) groups is 1. The van der Waals surface area contributed by atoms with Crippen LogP contribution in [-0.4, -0.2) is 17.1 Å². The zero-order valence-corrected chi connectivity index (χ0v) is 17.2. The number of halogens is 1. The molecule has 0 unspecified atom stereocenters. The number of benzene rings is 2. The van der Waals surface area contributed by atoms with Gasteiger partial charge in [0.05, 0.1) is 24.4 Å². The van der Waals surface area contributed by atoms with Gasteiger partial charge < -0.3 is 14.6 Å². The Bertz CT molecular complexity index is 1080. The van der Waals surface area contributed by atoms with E-state index in [0.717, 1.165) is 17.5 Å². The molecule has 3 aromatic rings. The van der Waals surface area contributed by atoms with E-state index in [2.05, 4.69) is 5.32 Å². The van der Waals surface area contributed by atoms with Crippen molar-refractivity contribution in [3.63, 3.8) is 0 Å². The van der Waals surface area contributed by atoms with Crippen molar-refractivity contribution in [2.45, 2.75) is 26.8 Å². The van der Waals surface area contributed by atoms with E-state index < -0.39 is 0 Å². The third kappa shape index (κ3) is 5.27. The molecule has 0 aliphatic rings. The molecular weight excluding hydrogens is 388 g/mol. The summed E-state index contributed by atoms with van der Waals surface area (Å²) in [5.41, 5.74) is 2.62. The Hall–Kier alpha value is -3.05. The Kier molecular flexibility index (Phi) is 6.73. The normalized spacial score (nSPS) is 10.6. The summed E-state index contributed by atoms with van der Waals surface area (Å²) in [7, 11) is 0. The van der Waals surface area contributed by atoms with Gasteiger partial charge in [0.2, 0.25) is 0 Å². The molecule has 0 radical (unpaired) electrons. The van der Waals surface area contributed by atoms with Crippen LogP contribution >= 0.6 is 11.6 Å². The molecule has 2 aromatic carbocycles. The number of ether oxygens (including phenoxy) is 1. The van der Waals surface area contributed by atoms with Gasteiger partial charge in [-0.3, -0.25) is 9.59 Å². The predicted octanol–water partition coefficient (Wildman–Crippen LogP) is 4.90. The van der Waals surface area contributed by atoms with Crippen LogP contribution in [0.4, 0.5) is 5.69 Å². The zero-order valence-electron chi connectivity index (χ0n) is 16.4. The number of pyridine rings is 1. The van der Waals surface area contributed by atoms with Crippen LogP contribution < -0.4 is 15.6 Å². The minimum absolute atomic E-state index is 0.205. The molecular formula is C23H23ClN2O3. The first-order chi connectivity index (χ1) is 14.0. The average Bonchev–Trinajstić information content (AvgIpc) is 2.71. The highest BCUT2D eigenvalue weighted by Gasteiger charge is 2.12. The highest BCUT2D eigenvalue weighted by atomic mass is 35.5. The van der Waals surface area contributed by atoms with E-state index in [1.54, 1.807) is 12.3 Å². The second kappa shape index (κ2) is 9.43. The average molecular weight is 411 g/mol. The first-order valence-electron chi connectivity index (χ1n) is 9.46. The number of anilines is 1. The first kappa shape index (κ1) is 20.7. The van der Waals surface area contributed by atoms with Crippen LogP contribution in [0.15, 0.2) is 65.6 Å². The van der Waals surface area contributed by atoms with E-state index >= 15 is 0 Å². The fraction of sp³-hybridized carbons (Fsp3) is 0.217. The van der Waals surface area contributed by atoms with Crippen LogP contribution in [0.1, 0.15) is 34.8 Å². The molecule has 0 saturated heterocycles. The smallest absolute Gasteiger partial charge is 0.257 e. The number of hydrogen-bond acceptors (Lipinski definition) is 3. The van der Waals surface area contributed by atoms with Gasteiger partial charge in [-0.05, 0) is 48.7 Å². The Labute approximate surface area is 174 Å². The molecule has 1 amide bonds. The highest BCUT2D eigenvalue weighted by molar-refractivity contribution is 6.31. The van der Waals surface area contributed by atoms with E-state index in [9.17, 15) is 9.59 Å². The van der Waals surface area contributed by atoms with Gasteiger partial charge in [-0.1, -0.05) is 42.8 Å². The van der Waals surface area contributed by atoms with Crippen molar-refractivity contribution in [3.8, 4) is 5.75 Å². The van der Waals surface area contributed by atoms with Crippen molar-refractivity contribution in [1.29, 1.82) is 0 Å². The Balaban J connectivity index is 1.84. The number of aryl methyl sites for hydroxylation is 1. The summed E-state index contributed by atoms with van der Waals surface area (Å²) in [6.07, 6.45) is 2.41. The second-order valence-electron chi connectivity index (χ2n) is 6.78. The maximum atomic E-state index is 12.8. The number of nitrogens with one attached hydrogen (secondary N) is 1. The van der Waals surface area contributed by atoms with Crippen molar-refractivity contribution >= 4 is 23.2 Å². The number of carbonyl (C=O) groups excluding carboxylic acids is 1. The molecule has 3 rings (SSSR count). The monoisotopic (exact) mass is 410 g/mol. The zero-order chi connectivity index (χ0) is 20.8. The van der Waals surface area contributed by atoms with E-state index in [1.807, 2.05) is 50.2 Å². The van der Waals surface area contributed by atoms with E-state index in [4.69, 9.17) is 16.3 Å². The summed E-state index contributed by atoms with van der Waals surface area (Å²) in [6.45, 7) is 4.84. The van der Waals surface area contributed by atoms with Gasteiger partial charge in [0, 0.05) is 17.3 Å². The van der Waals surface area contributed by atoms with E-state index in [0.29, 0.717) is 28.6 Å². The van der Waals surface area contributed by atoms with Crippen molar-refractivity contribution < 1.29 is 9.53 Å². The number of rotatable bonds is 7. The number of aromatic nitrogens is 1. The maximum Gasteiger partial charge on any atom is 0.257 e. The highest BCUT2D eigenvalue weighted by Crippen LogP contribution is 2.26. The molecule has 0 bridgehead atoms. The third-order valence-electron chi connectivity index (χ3n) is 4.39. The summed E-state index contributed by atoms with van der Waals surface area (Å²) >= 11 is 6.20. The van der Waals surface area contributed by atoms with Gasteiger partial charge in [0.1, 0.15) is 5.75 Å². The molecule has 0 fully saturated rings. The van der Waals surface area contributed by atoms with Gasteiger partial charge in [-0.2, -0.15) is 0 Å².